The lowest BCUT2D eigenvalue weighted by molar-refractivity contribution is -0.106. The van der Waals surface area contributed by atoms with E-state index in [4.69, 9.17) is 0 Å². The van der Waals surface area contributed by atoms with Crippen LogP contribution in [-0.2, 0) is 10.0 Å². The Hall–Kier alpha value is -2.46. The molecule has 1 N–H and O–H groups in total. The van der Waals surface area contributed by atoms with Crippen molar-refractivity contribution >= 4 is 20.9 Å². The maximum Gasteiger partial charge on any atom is 0.404 e. The number of halogens is 4. The first-order valence-corrected chi connectivity index (χ1v) is 12.6. The van der Waals surface area contributed by atoms with Gasteiger partial charge in [0, 0.05) is 11.9 Å². The summed E-state index contributed by atoms with van der Waals surface area (Å²) in [5, 5.41) is 5.27. The van der Waals surface area contributed by atoms with Crippen molar-refractivity contribution < 1.29 is 26.0 Å². The number of alkyl halides is 3. The fourth-order valence-electron chi connectivity index (χ4n) is 4.12. The van der Waals surface area contributed by atoms with Crippen LogP contribution in [0.3, 0.4) is 0 Å². The number of nitrogens with one attached hydrogen (secondary N) is 1. The molecule has 1 heterocycles. The predicted molar refractivity (Wildman–Crippen MR) is 125 cm³/mol. The summed E-state index contributed by atoms with van der Waals surface area (Å²) in [6, 6.07) is 11.8. The van der Waals surface area contributed by atoms with E-state index in [1.54, 1.807) is 23.0 Å². The smallest absolute Gasteiger partial charge is 0.233 e. The summed E-state index contributed by atoms with van der Waals surface area (Å²) in [7, 11) is -4.50. The monoisotopic (exact) mass is 499 g/mol. The molecule has 1 aromatic heterocycles. The van der Waals surface area contributed by atoms with Gasteiger partial charge in [-0.3, -0.25) is 0 Å². The van der Waals surface area contributed by atoms with E-state index in [2.05, 4.69) is 9.82 Å². The second-order valence-electron chi connectivity index (χ2n) is 9.72. The van der Waals surface area contributed by atoms with E-state index in [0.717, 1.165) is 16.5 Å². The maximum atomic E-state index is 13.3. The summed E-state index contributed by atoms with van der Waals surface area (Å²) in [5.41, 5.74) is 1.81. The van der Waals surface area contributed by atoms with Gasteiger partial charge in [-0.1, -0.05) is 33.8 Å². The minimum Gasteiger partial charge on any atom is -0.233 e. The number of benzene rings is 2. The van der Waals surface area contributed by atoms with E-state index < -0.39 is 27.4 Å². The van der Waals surface area contributed by atoms with Crippen LogP contribution in [0.1, 0.15) is 45.6 Å². The molecule has 5 nitrogen and oxygen atoms in total. The Morgan fingerprint density at radius 1 is 1.06 bits per heavy atom. The first-order valence-electron chi connectivity index (χ1n) is 10.9. The molecule has 0 spiro atoms. The molecule has 34 heavy (non-hydrogen) atoms. The molecule has 0 saturated heterocycles. The van der Waals surface area contributed by atoms with E-state index in [9.17, 15) is 26.0 Å². The normalized spacial score (nSPS) is 14.1. The molecular weight excluding hydrogens is 470 g/mol. The number of fused-ring (bicyclic) bond motifs is 1. The van der Waals surface area contributed by atoms with Gasteiger partial charge in [0.2, 0.25) is 10.0 Å². The summed E-state index contributed by atoms with van der Waals surface area (Å²) in [5.74, 6) is -2.10. The highest BCUT2D eigenvalue weighted by Gasteiger charge is 2.37. The largest absolute Gasteiger partial charge is 0.404 e. The van der Waals surface area contributed by atoms with Crippen molar-refractivity contribution in [2.45, 2.75) is 46.2 Å². The SMILES string of the molecule is CC(C)CC(c1ccc2c(cnn2-c2ccc(F)cc2)c1)C(C)(C)CNS(=O)(=O)CC(F)(F)F. The maximum absolute atomic E-state index is 13.3. The molecule has 0 fully saturated rings. The van der Waals surface area contributed by atoms with Gasteiger partial charge in [-0.25, -0.2) is 22.2 Å². The van der Waals surface area contributed by atoms with Crippen molar-refractivity contribution in [3.63, 3.8) is 0 Å². The molecule has 2 aromatic carbocycles. The third-order valence-corrected chi connectivity index (χ3v) is 7.11. The van der Waals surface area contributed by atoms with Crippen molar-refractivity contribution in [1.82, 2.24) is 14.5 Å². The van der Waals surface area contributed by atoms with Crippen molar-refractivity contribution in [2.24, 2.45) is 11.3 Å². The van der Waals surface area contributed by atoms with Gasteiger partial charge in [-0.05, 0) is 65.6 Å². The zero-order chi connectivity index (χ0) is 25.3. The average Bonchev–Trinajstić information content (AvgIpc) is 3.12. The zero-order valence-corrected chi connectivity index (χ0v) is 20.3. The summed E-state index contributed by atoms with van der Waals surface area (Å²) in [6.07, 6.45) is -2.39. The van der Waals surface area contributed by atoms with Crippen LogP contribution in [0.5, 0.6) is 0 Å². The molecular formula is C24H29F4N3O2S. The molecule has 0 aliphatic rings. The third-order valence-electron chi connectivity index (χ3n) is 5.82. The number of hydrogen-bond acceptors (Lipinski definition) is 3. The van der Waals surface area contributed by atoms with Crippen LogP contribution in [-0.4, -0.2) is 36.7 Å². The molecule has 3 aromatic rings. The van der Waals surface area contributed by atoms with E-state index in [1.165, 1.54) is 12.1 Å². The molecule has 1 atom stereocenters. The Bertz CT molecular complexity index is 1230. The minimum atomic E-state index is -4.80. The van der Waals surface area contributed by atoms with Crippen LogP contribution in [0.2, 0.25) is 0 Å². The van der Waals surface area contributed by atoms with Gasteiger partial charge in [0.25, 0.3) is 0 Å². The van der Waals surface area contributed by atoms with E-state index in [-0.39, 0.29) is 24.2 Å². The number of hydrogen-bond donors (Lipinski definition) is 1. The molecule has 0 amide bonds. The Morgan fingerprint density at radius 3 is 2.29 bits per heavy atom. The highest BCUT2D eigenvalue weighted by molar-refractivity contribution is 7.89. The first kappa shape index (κ1) is 26.2. The molecule has 0 bridgehead atoms. The summed E-state index contributed by atoms with van der Waals surface area (Å²) >= 11 is 0. The zero-order valence-electron chi connectivity index (χ0n) is 19.5. The Morgan fingerprint density at radius 2 is 1.71 bits per heavy atom. The number of aromatic nitrogens is 2. The van der Waals surface area contributed by atoms with Crippen LogP contribution < -0.4 is 4.72 Å². The van der Waals surface area contributed by atoms with Crippen molar-refractivity contribution in [1.29, 1.82) is 0 Å². The van der Waals surface area contributed by atoms with E-state index in [0.29, 0.717) is 12.1 Å². The van der Waals surface area contributed by atoms with Gasteiger partial charge >= 0.3 is 6.18 Å². The molecule has 0 saturated carbocycles. The summed E-state index contributed by atoms with van der Waals surface area (Å²) in [4.78, 5) is 0. The van der Waals surface area contributed by atoms with Gasteiger partial charge in [0.1, 0.15) is 5.82 Å². The Kier molecular flexibility index (Phi) is 7.43. The van der Waals surface area contributed by atoms with Crippen LogP contribution in [0, 0.1) is 17.2 Å². The lowest BCUT2D eigenvalue weighted by Gasteiger charge is -2.36. The molecule has 3 rings (SSSR count). The molecule has 0 radical (unpaired) electrons. The fourth-order valence-corrected chi connectivity index (χ4v) is 5.24. The van der Waals surface area contributed by atoms with Crippen molar-refractivity contribution in [2.75, 3.05) is 12.3 Å². The predicted octanol–water partition coefficient (Wildman–Crippen LogP) is 5.80. The number of nitrogens with zero attached hydrogens (tertiary/aromatic N) is 2. The summed E-state index contributed by atoms with van der Waals surface area (Å²) < 4.78 is 78.9. The van der Waals surface area contributed by atoms with Gasteiger partial charge in [-0.15, -0.1) is 0 Å². The lowest BCUT2D eigenvalue weighted by atomic mass is 9.71. The summed E-state index contributed by atoms with van der Waals surface area (Å²) in [6.45, 7) is 7.66. The molecule has 186 valence electrons. The quantitative estimate of drug-likeness (QED) is 0.379. The highest BCUT2D eigenvalue weighted by Crippen LogP contribution is 2.41. The van der Waals surface area contributed by atoms with Crippen LogP contribution in [0.25, 0.3) is 16.6 Å². The third kappa shape index (κ3) is 6.56. The van der Waals surface area contributed by atoms with E-state index >= 15 is 0 Å². The number of sulfonamides is 1. The van der Waals surface area contributed by atoms with Crippen molar-refractivity contribution in [3.8, 4) is 5.69 Å². The van der Waals surface area contributed by atoms with Gasteiger partial charge in [0.15, 0.2) is 5.75 Å². The van der Waals surface area contributed by atoms with Gasteiger partial charge < -0.3 is 0 Å². The lowest BCUT2D eigenvalue weighted by Crippen LogP contribution is -2.41. The van der Waals surface area contributed by atoms with Crippen LogP contribution in [0.15, 0.2) is 48.7 Å². The second-order valence-corrected chi connectivity index (χ2v) is 11.5. The molecule has 0 aliphatic heterocycles. The Balaban J connectivity index is 1.90. The topological polar surface area (TPSA) is 64.0 Å². The van der Waals surface area contributed by atoms with Gasteiger partial charge in [0.05, 0.1) is 17.4 Å². The van der Waals surface area contributed by atoms with Crippen molar-refractivity contribution in [3.05, 3.63) is 60.0 Å². The second kappa shape index (κ2) is 9.65. The number of rotatable bonds is 9. The average molecular weight is 500 g/mol. The molecule has 0 aliphatic carbocycles. The molecule has 1 unspecified atom stereocenters. The fraction of sp³-hybridized carbons (Fsp3) is 0.458. The molecule has 10 heteroatoms. The van der Waals surface area contributed by atoms with Crippen LogP contribution in [0.4, 0.5) is 17.6 Å². The van der Waals surface area contributed by atoms with Gasteiger partial charge in [-0.2, -0.15) is 18.3 Å². The Labute approximate surface area is 197 Å². The standard InChI is InChI=1S/C24H29F4N3O2S/c1-16(2)11-21(23(3,4)14-30-34(32,33)15-24(26,27)28)17-5-10-22-18(12-17)13-29-31(22)20-8-6-19(25)7-9-20/h5-10,12-13,16,21,30H,11,14-15H2,1-4H3. The minimum absolute atomic E-state index is 0.125. The first-order chi connectivity index (χ1) is 15.7. The highest BCUT2D eigenvalue weighted by atomic mass is 32.2. The van der Waals surface area contributed by atoms with E-state index in [1.807, 2.05) is 45.9 Å². The van der Waals surface area contributed by atoms with Crippen LogP contribution >= 0.6 is 0 Å².